The normalized spacial score (nSPS) is 17.2. The lowest BCUT2D eigenvalue weighted by Gasteiger charge is -2.24. The topological polar surface area (TPSA) is 87.7 Å². The number of carboxylic acid groups (broad SMARTS) is 1. The van der Waals surface area contributed by atoms with E-state index in [1.54, 1.807) is 30.1 Å². The van der Waals surface area contributed by atoms with Crippen molar-refractivity contribution in [3.05, 3.63) is 41.2 Å². The molecule has 1 aliphatic carbocycles. The number of fused-ring (bicyclic) bond motifs is 1. The summed E-state index contributed by atoms with van der Waals surface area (Å²) >= 11 is 0. The molecule has 24 heavy (non-hydrogen) atoms. The fourth-order valence-corrected chi connectivity index (χ4v) is 3.08. The van der Waals surface area contributed by atoms with Gasteiger partial charge in [0.1, 0.15) is 6.04 Å². The van der Waals surface area contributed by atoms with Crippen LogP contribution in [0.1, 0.15) is 41.8 Å². The van der Waals surface area contributed by atoms with E-state index in [2.05, 4.69) is 10.2 Å². The number of carbonyl (C=O) groups is 1. The van der Waals surface area contributed by atoms with E-state index in [1.807, 2.05) is 6.07 Å². The molecule has 0 bridgehead atoms. The quantitative estimate of drug-likeness (QED) is 0.845. The Bertz CT molecular complexity index is 769. The molecule has 1 aromatic heterocycles. The number of aromatic amines is 1. The number of hydrogen-bond acceptors (Lipinski definition) is 5. The van der Waals surface area contributed by atoms with Crippen molar-refractivity contribution in [3.63, 3.8) is 0 Å². The van der Waals surface area contributed by atoms with Gasteiger partial charge in [0.15, 0.2) is 11.5 Å². The molecule has 4 rings (SSSR count). The number of nitrogens with one attached hydrogen (secondary N) is 1. The Balaban J connectivity index is 1.54. The van der Waals surface area contributed by atoms with Crippen LogP contribution in [0.3, 0.4) is 0 Å². The molecule has 2 aliphatic rings. The van der Waals surface area contributed by atoms with E-state index in [1.165, 1.54) is 12.8 Å². The van der Waals surface area contributed by atoms with Gasteiger partial charge in [0, 0.05) is 18.2 Å². The number of rotatable bonds is 6. The van der Waals surface area contributed by atoms with Crippen molar-refractivity contribution in [1.82, 2.24) is 15.1 Å². The number of hydrogen-bond donors (Lipinski definition) is 2. The van der Waals surface area contributed by atoms with E-state index < -0.39 is 12.0 Å². The van der Waals surface area contributed by atoms with Gasteiger partial charge in [-0.2, -0.15) is 5.10 Å². The lowest BCUT2D eigenvalue weighted by atomic mass is 10.0. The molecule has 0 spiro atoms. The first-order valence-electron chi connectivity index (χ1n) is 7.98. The minimum absolute atomic E-state index is 0.171. The molecule has 1 aromatic carbocycles. The third kappa shape index (κ3) is 2.82. The van der Waals surface area contributed by atoms with Gasteiger partial charge in [0.05, 0.1) is 5.69 Å². The average molecular weight is 329 g/mol. The van der Waals surface area contributed by atoms with Crippen molar-refractivity contribution in [2.45, 2.75) is 31.3 Å². The predicted octanol–water partition coefficient (Wildman–Crippen LogP) is 2.27. The number of likely N-dealkylation sites (N-methyl/N-ethyl adjacent to an activating group) is 1. The molecule has 0 saturated heterocycles. The zero-order valence-corrected chi connectivity index (χ0v) is 13.4. The van der Waals surface area contributed by atoms with Crippen molar-refractivity contribution in [1.29, 1.82) is 0 Å². The van der Waals surface area contributed by atoms with Gasteiger partial charge in [-0.15, -0.1) is 0 Å². The summed E-state index contributed by atoms with van der Waals surface area (Å²) in [7, 11) is 1.79. The van der Waals surface area contributed by atoms with E-state index in [4.69, 9.17) is 9.47 Å². The van der Waals surface area contributed by atoms with Crippen LogP contribution in [0.2, 0.25) is 0 Å². The van der Waals surface area contributed by atoms with Crippen molar-refractivity contribution in [2.24, 2.45) is 0 Å². The number of aromatic nitrogens is 2. The van der Waals surface area contributed by atoms with Crippen LogP contribution in [0.25, 0.3) is 0 Å². The SMILES string of the molecule is CN(Cc1cc(C2CC2)n[nH]1)C(C(=O)O)c1ccc2c(c1)OCO2. The van der Waals surface area contributed by atoms with Crippen LogP contribution in [0.4, 0.5) is 0 Å². The highest BCUT2D eigenvalue weighted by Gasteiger charge is 2.29. The zero-order valence-electron chi connectivity index (χ0n) is 13.4. The van der Waals surface area contributed by atoms with E-state index >= 15 is 0 Å². The number of H-pyrrole nitrogens is 1. The fourth-order valence-electron chi connectivity index (χ4n) is 3.08. The standard InChI is InChI=1S/C17H19N3O4/c1-20(8-12-7-13(19-18-12)10-2-3-10)16(17(21)22)11-4-5-14-15(6-11)24-9-23-14/h4-7,10,16H,2-3,8-9H2,1H3,(H,18,19)(H,21,22). The summed E-state index contributed by atoms with van der Waals surface area (Å²) in [6.45, 7) is 0.648. The van der Waals surface area contributed by atoms with Gasteiger partial charge in [-0.25, -0.2) is 0 Å². The van der Waals surface area contributed by atoms with Crippen LogP contribution in [0.5, 0.6) is 11.5 Å². The summed E-state index contributed by atoms with van der Waals surface area (Å²) in [4.78, 5) is 13.6. The maximum atomic E-state index is 11.8. The molecule has 126 valence electrons. The molecule has 2 N–H and O–H groups in total. The Morgan fingerprint density at radius 2 is 2.17 bits per heavy atom. The molecule has 2 heterocycles. The van der Waals surface area contributed by atoms with E-state index in [-0.39, 0.29) is 6.79 Å². The van der Waals surface area contributed by atoms with Gasteiger partial charge < -0.3 is 14.6 Å². The van der Waals surface area contributed by atoms with Gasteiger partial charge in [0.2, 0.25) is 6.79 Å². The fraction of sp³-hybridized carbons (Fsp3) is 0.412. The zero-order chi connectivity index (χ0) is 16.7. The van der Waals surface area contributed by atoms with Gasteiger partial charge >= 0.3 is 5.97 Å². The van der Waals surface area contributed by atoms with Crippen molar-refractivity contribution < 1.29 is 19.4 Å². The Morgan fingerprint density at radius 1 is 1.38 bits per heavy atom. The molecular weight excluding hydrogens is 310 g/mol. The summed E-state index contributed by atoms with van der Waals surface area (Å²) in [6, 6.07) is 6.52. The molecule has 1 aliphatic heterocycles. The summed E-state index contributed by atoms with van der Waals surface area (Å²) in [5, 5.41) is 17.0. The average Bonchev–Trinajstić information content (AvgIpc) is 3.11. The van der Waals surface area contributed by atoms with E-state index in [9.17, 15) is 9.90 Å². The highest BCUT2D eigenvalue weighted by Crippen LogP contribution is 2.39. The summed E-state index contributed by atoms with van der Waals surface area (Å²) in [5.74, 6) is 0.903. The first kappa shape index (κ1) is 15.0. The first-order valence-corrected chi connectivity index (χ1v) is 7.98. The van der Waals surface area contributed by atoms with Crippen LogP contribution in [-0.4, -0.2) is 40.0 Å². The Kier molecular flexibility index (Phi) is 3.65. The molecule has 0 amide bonds. The van der Waals surface area contributed by atoms with Crippen LogP contribution in [0.15, 0.2) is 24.3 Å². The summed E-state index contributed by atoms with van der Waals surface area (Å²) in [5.41, 5.74) is 2.66. The Morgan fingerprint density at radius 3 is 2.92 bits per heavy atom. The van der Waals surface area contributed by atoms with Crippen molar-refractivity contribution >= 4 is 5.97 Å². The van der Waals surface area contributed by atoms with Crippen LogP contribution < -0.4 is 9.47 Å². The van der Waals surface area contributed by atoms with Gasteiger partial charge in [-0.05, 0) is 43.7 Å². The highest BCUT2D eigenvalue weighted by atomic mass is 16.7. The maximum Gasteiger partial charge on any atom is 0.325 e. The molecule has 1 saturated carbocycles. The molecule has 7 nitrogen and oxygen atoms in total. The number of benzene rings is 1. The van der Waals surface area contributed by atoms with Crippen molar-refractivity contribution in [3.8, 4) is 11.5 Å². The number of aliphatic carboxylic acids is 1. The predicted molar refractivity (Wildman–Crippen MR) is 85.0 cm³/mol. The van der Waals surface area contributed by atoms with Gasteiger partial charge in [-0.3, -0.25) is 14.8 Å². The molecule has 2 aromatic rings. The molecular formula is C17H19N3O4. The molecule has 1 unspecified atom stereocenters. The first-order chi connectivity index (χ1) is 11.6. The van der Waals surface area contributed by atoms with Gasteiger partial charge in [-0.1, -0.05) is 6.07 Å². The smallest absolute Gasteiger partial charge is 0.325 e. The maximum absolute atomic E-state index is 11.8. The highest BCUT2D eigenvalue weighted by molar-refractivity contribution is 5.76. The van der Waals surface area contributed by atoms with Crippen LogP contribution in [0, 0.1) is 0 Å². The molecule has 1 atom stereocenters. The van der Waals surface area contributed by atoms with E-state index in [0.29, 0.717) is 29.5 Å². The molecule has 7 heteroatoms. The third-order valence-corrected chi connectivity index (χ3v) is 4.45. The number of carboxylic acids is 1. The van der Waals surface area contributed by atoms with Crippen LogP contribution in [-0.2, 0) is 11.3 Å². The monoisotopic (exact) mass is 329 g/mol. The summed E-state index contributed by atoms with van der Waals surface area (Å²) in [6.07, 6.45) is 2.38. The second-order valence-electron chi connectivity index (χ2n) is 6.36. The third-order valence-electron chi connectivity index (χ3n) is 4.45. The molecule has 0 radical (unpaired) electrons. The largest absolute Gasteiger partial charge is 0.480 e. The lowest BCUT2D eigenvalue weighted by molar-refractivity contribution is -0.143. The second kappa shape index (κ2) is 5.83. The minimum Gasteiger partial charge on any atom is -0.480 e. The lowest BCUT2D eigenvalue weighted by Crippen LogP contribution is -2.30. The second-order valence-corrected chi connectivity index (χ2v) is 6.36. The minimum atomic E-state index is -0.904. The number of nitrogens with zero attached hydrogens (tertiary/aromatic N) is 2. The summed E-state index contributed by atoms with van der Waals surface area (Å²) < 4.78 is 10.6. The Labute approximate surface area is 139 Å². The number of ether oxygens (including phenoxy) is 2. The Hall–Kier alpha value is -2.54. The van der Waals surface area contributed by atoms with E-state index in [0.717, 1.165) is 11.4 Å². The molecule has 1 fully saturated rings. The van der Waals surface area contributed by atoms with Crippen LogP contribution >= 0.6 is 0 Å². The van der Waals surface area contributed by atoms with Crippen molar-refractivity contribution in [2.75, 3.05) is 13.8 Å². The van der Waals surface area contributed by atoms with Gasteiger partial charge in [0.25, 0.3) is 0 Å².